The first kappa shape index (κ1) is 14.8. The van der Waals surface area contributed by atoms with Gasteiger partial charge in [-0.25, -0.2) is 4.79 Å². The van der Waals surface area contributed by atoms with Crippen LogP contribution in [-0.2, 0) is 19.0 Å². The molecule has 0 bridgehead atoms. The Kier molecular flexibility index (Phi) is 4.26. The lowest BCUT2D eigenvalue weighted by molar-refractivity contribution is -0.151. The van der Waals surface area contributed by atoms with Crippen LogP contribution in [0.4, 0.5) is 0 Å². The standard InChI is InChI=1S/C15H18N2O5/c1-20-13-5-4-12(18)17(13)14-10(6-8-21-14)9-22-15(19)11-3-2-7-16-11/h2-3,6-7,13-14,16H,4-5,8-9H2,1H3/t13-,14+/m1/s1. The van der Waals surface area contributed by atoms with Crippen LogP contribution in [0, 0.1) is 0 Å². The second-order valence-electron chi connectivity index (χ2n) is 5.15. The molecule has 0 saturated carbocycles. The molecular formula is C15H18N2O5. The third-order valence-corrected chi connectivity index (χ3v) is 3.83. The minimum atomic E-state index is -0.517. The Balaban J connectivity index is 1.63. The summed E-state index contributed by atoms with van der Waals surface area (Å²) in [6.45, 7) is 0.475. The van der Waals surface area contributed by atoms with E-state index in [2.05, 4.69) is 4.98 Å². The molecule has 1 amide bonds. The van der Waals surface area contributed by atoms with Crippen LogP contribution in [-0.4, -0.2) is 54.5 Å². The van der Waals surface area contributed by atoms with Crippen molar-refractivity contribution in [2.24, 2.45) is 0 Å². The third kappa shape index (κ3) is 2.77. The van der Waals surface area contributed by atoms with E-state index < -0.39 is 12.2 Å². The van der Waals surface area contributed by atoms with E-state index in [-0.39, 0.29) is 18.7 Å². The zero-order valence-corrected chi connectivity index (χ0v) is 12.3. The molecule has 118 valence electrons. The normalized spacial score (nSPS) is 24.7. The zero-order valence-electron chi connectivity index (χ0n) is 12.3. The highest BCUT2D eigenvalue weighted by atomic mass is 16.5. The van der Waals surface area contributed by atoms with Crippen molar-refractivity contribution < 1.29 is 23.8 Å². The predicted octanol–water partition coefficient (Wildman–Crippen LogP) is 1.05. The van der Waals surface area contributed by atoms with Gasteiger partial charge in [0, 0.05) is 31.7 Å². The molecule has 0 aliphatic carbocycles. The van der Waals surface area contributed by atoms with Crippen LogP contribution in [0.2, 0.25) is 0 Å². The summed E-state index contributed by atoms with van der Waals surface area (Å²) in [7, 11) is 1.57. The number of aromatic nitrogens is 1. The summed E-state index contributed by atoms with van der Waals surface area (Å²) in [5.74, 6) is -0.451. The summed E-state index contributed by atoms with van der Waals surface area (Å²) in [6.07, 6.45) is 3.77. The first-order valence-corrected chi connectivity index (χ1v) is 7.15. The van der Waals surface area contributed by atoms with Gasteiger partial charge in [0.15, 0.2) is 6.23 Å². The molecule has 2 aliphatic heterocycles. The predicted molar refractivity (Wildman–Crippen MR) is 75.8 cm³/mol. The second-order valence-corrected chi connectivity index (χ2v) is 5.15. The highest BCUT2D eigenvalue weighted by molar-refractivity contribution is 5.87. The van der Waals surface area contributed by atoms with Crippen LogP contribution in [0.25, 0.3) is 0 Å². The number of rotatable bonds is 5. The Morgan fingerprint density at radius 2 is 2.41 bits per heavy atom. The molecule has 2 aliphatic rings. The van der Waals surface area contributed by atoms with Gasteiger partial charge in [-0.2, -0.15) is 0 Å². The number of nitrogens with zero attached hydrogens (tertiary/aromatic N) is 1. The zero-order chi connectivity index (χ0) is 15.5. The minimum Gasteiger partial charge on any atom is -0.456 e. The smallest absolute Gasteiger partial charge is 0.355 e. The SMILES string of the molecule is CO[C@@H]1CCC(=O)N1[C@H]1OCC=C1COC(=O)c1ccc[nH]1. The number of ether oxygens (including phenoxy) is 3. The molecule has 1 fully saturated rings. The van der Waals surface area contributed by atoms with Gasteiger partial charge in [-0.05, 0) is 12.1 Å². The minimum absolute atomic E-state index is 0.0136. The first-order valence-electron chi connectivity index (χ1n) is 7.15. The Morgan fingerprint density at radius 3 is 3.14 bits per heavy atom. The number of nitrogens with one attached hydrogen (secondary N) is 1. The molecule has 3 rings (SSSR count). The highest BCUT2D eigenvalue weighted by Gasteiger charge is 2.40. The van der Waals surface area contributed by atoms with Crippen molar-refractivity contribution in [3.05, 3.63) is 35.7 Å². The molecule has 1 aromatic rings. The number of likely N-dealkylation sites (tertiary alicyclic amines) is 1. The third-order valence-electron chi connectivity index (χ3n) is 3.83. The molecule has 1 saturated heterocycles. The van der Waals surface area contributed by atoms with Crippen LogP contribution in [0.15, 0.2) is 30.0 Å². The molecule has 0 spiro atoms. The summed E-state index contributed by atoms with van der Waals surface area (Å²) < 4.78 is 16.2. The van der Waals surface area contributed by atoms with Crippen LogP contribution in [0.3, 0.4) is 0 Å². The maximum Gasteiger partial charge on any atom is 0.355 e. The number of hydrogen-bond acceptors (Lipinski definition) is 5. The Hall–Kier alpha value is -2.12. The maximum atomic E-state index is 12.0. The van der Waals surface area contributed by atoms with Crippen LogP contribution in [0.5, 0.6) is 0 Å². The largest absolute Gasteiger partial charge is 0.456 e. The van der Waals surface area contributed by atoms with E-state index in [0.29, 0.717) is 25.1 Å². The molecule has 0 unspecified atom stereocenters. The molecular weight excluding hydrogens is 288 g/mol. The van der Waals surface area contributed by atoms with Gasteiger partial charge in [0.05, 0.1) is 6.61 Å². The van der Waals surface area contributed by atoms with E-state index >= 15 is 0 Å². The average molecular weight is 306 g/mol. The summed E-state index contributed by atoms with van der Waals surface area (Å²) in [6, 6.07) is 3.37. The van der Waals surface area contributed by atoms with Gasteiger partial charge in [0.2, 0.25) is 5.91 Å². The molecule has 7 heteroatoms. The topological polar surface area (TPSA) is 80.9 Å². The van der Waals surface area contributed by atoms with E-state index in [4.69, 9.17) is 14.2 Å². The van der Waals surface area contributed by atoms with Crippen LogP contribution in [0.1, 0.15) is 23.3 Å². The molecule has 1 N–H and O–H groups in total. The van der Waals surface area contributed by atoms with Crippen molar-refractivity contribution in [1.29, 1.82) is 0 Å². The van der Waals surface area contributed by atoms with E-state index in [1.165, 1.54) is 0 Å². The van der Waals surface area contributed by atoms with Gasteiger partial charge < -0.3 is 19.2 Å². The Labute approximate surface area is 127 Å². The number of carbonyl (C=O) groups excluding carboxylic acids is 2. The van der Waals surface area contributed by atoms with Gasteiger partial charge in [0.1, 0.15) is 18.5 Å². The lowest BCUT2D eigenvalue weighted by atomic mass is 10.2. The van der Waals surface area contributed by atoms with Crippen LogP contribution < -0.4 is 0 Å². The number of esters is 1. The van der Waals surface area contributed by atoms with Crippen molar-refractivity contribution in [3.63, 3.8) is 0 Å². The molecule has 7 nitrogen and oxygen atoms in total. The highest BCUT2D eigenvalue weighted by Crippen LogP contribution is 2.28. The van der Waals surface area contributed by atoms with E-state index in [1.54, 1.807) is 30.3 Å². The number of aromatic amines is 1. The number of amides is 1. The van der Waals surface area contributed by atoms with Crippen molar-refractivity contribution in [2.45, 2.75) is 25.3 Å². The van der Waals surface area contributed by atoms with E-state index in [9.17, 15) is 9.59 Å². The van der Waals surface area contributed by atoms with E-state index in [1.807, 2.05) is 6.08 Å². The van der Waals surface area contributed by atoms with Crippen molar-refractivity contribution in [1.82, 2.24) is 9.88 Å². The quantitative estimate of drug-likeness (QED) is 0.649. The van der Waals surface area contributed by atoms with E-state index in [0.717, 1.165) is 5.57 Å². The molecule has 3 heterocycles. The molecule has 0 aromatic carbocycles. The van der Waals surface area contributed by atoms with Gasteiger partial charge in [-0.15, -0.1) is 0 Å². The van der Waals surface area contributed by atoms with Crippen molar-refractivity contribution in [3.8, 4) is 0 Å². The summed E-state index contributed by atoms with van der Waals surface area (Å²) in [5.41, 5.74) is 1.15. The molecule has 1 aromatic heterocycles. The maximum absolute atomic E-state index is 12.0. The fourth-order valence-corrected chi connectivity index (χ4v) is 2.72. The lowest BCUT2D eigenvalue weighted by Gasteiger charge is -2.30. The lowest BCUT2D eigenvalue weighted by Crippen LogP contribution is -2.44. The number of H-pyrrole nitrogens is 1. The van der Waals surface area contributed by atoms with Gasteiger partial charge in [0.25, 0.3) is 0 Å². The van der Waals surface area contributed by atoms with Gasteiger partial charge in [-0.1, -0.05) is 6.08 Å². The Bertz CT molecular complexity index is 581. The summed E-state index contributed by atoms with van der Waals surface area (Å²) >= 11 is 0. The number of hydrogen-bond donors (Lipinski definition) is 1. The Morgan fingerprint density at radius 1 is 1.55 bits per heavy atom. The van der Waals surface area contributed by atoms with Gasteiger partial charge >= 0.3 is 5.97 Å². The number of carbonyl (C=O) groups is 2. The van der Waals surface area contributed by atoms with Crippen LogP contribution >= 0.6 is 0 Å². The van der Waals surface area contributed by atoms with Crippen molar-refractivity contribution in [2.75, 3.05) is 20.3 Å². The fourth-order valence-electron chi connectivity index (χ4n) is 2.72. The summed E-state index contributed by atoms with van der Waals surface area (Å²) in [4.78, 5) is 28.3. The van der Waals surface area contributed by atoms with Crippen molar-refractivity contribution >= 4 is 11.9 Å². The molecule has 0 radical (unpaired) electrons. The summed E-state index contributed by atoms with van der Waals surface area (Å²) in [5, 5.41) is 0. The molecule has 22 heavy (non-hydrogen) atoms. The first-order chi connectivity index (χ1) is 10.7. The molecule has 2 atom stereocenters. The number of methoxy groups -OCH3 is 1. The fraction of sp³-hybridized carbons (Fsp3) is 0.467. The van der Waals surface area contributed by atoms with Gasteiger partial charge in [-0.3, -0.25) is 9.69 Å². The second kappa shape index (κ2) is 6.33. The monoisotopic (exact) mass is 306 g/mol. The average Bonchev–Trinajstić information content (AvgIpc) is 3.25.